The molecule has 0 rings (SSSR count). The van der Waals surface area contributed by atoms with Gasteiger partial charge in [-0.15, -0.1) is 9.24 Å². The normalized spacial score (nSPS) is 14.3. The van der Waals surface area contributed by atoms with Crippen LogP contribution >= 0.6 is 9.24 Å². The van der Waals surface area contributed by atoms with Crippen LogP contribution in [0.15, 0.2) is 23.2 Å². The first-order valence-corrected chi connectivity index (χ1v) is 6.82. The van der Waals surface area contributed by atoms with Gasteiger partial charge in [0, 0.05) is 10.7 Å². The first-order chi connectivity index (χ1) is 8.17. The molecular weight excluding hydrogens is 240 g/mol. The Bertz CT molecular complexity index is 372. The molecule has 18 heavy (non-hydrogen) atoms. The van der Waals surface area contributed by atoms with Gasteiger partial charge in [-0.3, -0.25) is 0 Å². The Labute approximate surface area is 115 Å². The molecule has 0 aromatic heterocycles. The highest BCUT2D eigenvalue weighted by Gasteiger charge is 2.33. The van der Waals surface area contributed by atoms with Crippen LogP contribution in [0.4, 0.5) is 0 Å². The first-order valence-electron chi connectivity index (χ1n) is 6.24. The van der Waals surface area contributed by atoms with Gasteiger partial charge in [0.25, 0.3) is 0 Å². The number of hydrogen-bond donors (Lipinski definition) is 0. The maximum Gasteiger partial charge on any atom is 0.330 e. The van der Waals surface area contributed by atoms with Crippen molar-refractivity contribution in [3.8, 4) is 6.07 Å². The third kappa shape index (κ3) is 5.38. The summed E-state index contributed by atoms with van der Waals surface area (Å²) in [5.41, 5.74) is 1.39. The van der Waals surface area contributed by atoms with Gasteiger partial charge in [0.1, 0.15) is 0 Å². The van der Waals surface area contributed by atoms with Gasteiger partial charge in [-0.1, -0.05) is 38.4 Å². The van der Waals surface area contributed by atoms with E-state index in [1.165, 1.54) is 0 Å². The Kier molecular flexibility index (Phi) is 6.89. The van der Waals surface area contributed by atoms with Gasteiger partial charge in [0.05, 0.1) is 11.7 Å². The van der Waals surface area contributed by atoms with Gasteiger partial charge in [0.15, 0.2) is 0 Å². The second-order valence-corrected chi connectivity index (χ2v) is 6.83. The quantitative estimate of drug-likeness (QED) is 0.316. The zero-order valence-electron chi connectivity index (χ0n) is 12.4. The van der Waals surface area contributed by atoms with Crippen molar-refractivity contribution >= 4 is 16.7 Å². The van der Waals surface area contributed by atoms with Gasteiger partial charge in [-0.25, -0.2) is 0 Å². The predicted octanol–water partition coefficient (Wildman–Crippen LogP) is 3.82. The molecule has 4 heteroatoms. The van der Waals surface area contributed by atoms with Crippen LogP contribution in [0.1, 0.15) is 48.0 Å². The van der Waals surface area contributed by atoms with Crippen molar-refractivity contribution < 1.29 is 4.65 Å². The van der Waals surface area contributed by atoms with Gasteiger partial charge in [0.2, 0.25) is 0 Å². The molecule has 1 atom stereocenters. The minimum absolute atomic E-state index is 0.0329. The Balaban J connectivity index is 4.72. The second kappa shape index (κ2) is 7.12. The number of nitriles is 1. The molecule has 2 nitrogen and oxygen atoms in total. The summed E-state index contributed by atoms with van der Waals surface area (Å²) in [7, 11) is 4.54. The second-order valence-electron chi connectivity index (χ2n) is 5.39. The van der Waals surface area contributed by atoms with Crippen molar-refractivity contribution in [3.63, 3.8) is 0 Å². The number of allylic oxidation sites excluding steroid dienone is 4. The topological polar surface area (TPSA) is 33.0 Å². The number of nitrogens with zero attached hydrogens (tertiary/aromatic N) is 1. The average molecular weight is 264 g/mol. The van der Waals surface area contributed by atoms with Crippen molar-refractivity contribution in [2.24, 2.45) is 0 Å². The predicted molar refractivity (Wildman–Crippen MR) is 82.5 cm³/mol. The van der Waals surface area contributed by atoms with Crippen molar-refractivity contribution in [2.45, 2.75) is 58.7 Å². The van der Waals surface area contributed by atoms with Crippen LogP contribution < -0.4 is 0 Å². The first kappa shape index (κ1) is 17.4. The van der Waals surface area contributed by atoms with Crippen LogP contribution in [0.2, 0.25) is 0 Å². The zero-order chi connectivity index (χ0) is 14.4. The standard InChI is InChI=1S/C14H24BNOP/c1-7-11(10-16)9-12(8-2)15-17-13(3,4)14(5,6)18/h8-9H,7,18H2,1-6H3/b11-9+,12-8+. The summed E-state index contributed by atoms with van der Waals surface area (Å²) in [6.45, 7) is 12.2. The SMILES string of the molecule is C/C=C([B]OC(C)(C)C(C)(C)P)\C=C(\C#N)CC. The lowest BCUT2D eigenvalue weighted by molar-refractivity contribution is 0.0833. The van der Waals surface area contributed by atoms with Crippen molar-refractivity contribution in [1.82, 2.24) is 0 Å². The monoisotopic (exact) mass is 264 g/mol. The molecule has 0 bridgehead atoms. The Morgan fingerprint density at radius 3 is 2.28 bits per heavy atom. The van der Waals surface area contributed by atoms with Gasteiger partial charge >= 0.3 is 7.48 Å². The molecule has 1 unspecified atom stereocenters. The Morgan fingerprint density at radius 2 is 1.94 bits per heavy atom. The molecule has 0 N–H and O–H groups in total. The van der Waals surface area contributed by atoms with E-state index in [0.717, 1.165) is 17.5 Å². The fraction of sp³-hybridized carbons (Fsp3) is 0.643. The molecule has 0 aliphatic carbocycles. The van der Waals surface area contributed by atoms with Crippen molar-refractivity contribution in [3.05, 3.63) is 23.2 Å². The van der Waals surface area contributed by atoms with Crippen LogP contribution in [0.3, 0.4) is 0 Å². The smallest absolute Gasteiger partial charge is 0.330 e. The van der Waals surface area contributed by atoms with Gasteiger partial charge < -0.3 is 4.65 Å². The van der Waals surface area contributed by atoms with E-state index < -0.39 is 0 Å². The summed E-state index contributed by atoms with van der Waals surface area (Å²) in [5, 5.41) is 8.89. The zero-order valence-corrected chi connectivity index (χ0v) is 13.5. The van der Waals surface area contributed by atoms with Crippen LogP contribution in [0.25, 0.3) is 0 Å². The van der Waals surface area contributed by atoms with Crippen LogP contribution in [0, 0.1) is 11.3 Å². The molecule has 0 aromatic carbocycles. The van der Waals surface area contributed by atoms with E-state index >= 15 is 0 Å². The van der Waals surface area contributed by atoms with E-state index in [0.29, 0.717) is 0 Å². The summed E-state index contributed by atoms with van der Waals surface area (Å²) in [6, 6.07) is 2.18. The van der Waals surface area contributed by atoms with E-state index in [1.807, 2.05) is 26.0 Å². The van der Waals surface area contributed by atoms with Crippen LogP contribution in [0.5, 0.6) is 0 Å². The highest BCUT2D eigenvalue weighted by molar-refractivity contribution is 7.19. The summed E-state index contributed by atoms with van der Waals surface area (Å²) < 4.78 is 5.87. The highest BCUT2D eigenvalue weighted by Crippen LogP contribution is 2.33. The molecule has 0 saturated carbocycles. The summed E-state index contributed by atoms with van der Waals surface area (Å²) >= 11 is 0. The Morgan fingerprint density at radius 1 is 1.39 bits per heavy atom. The lowest BCUT2D eigenvalue weighted by Crippen LogP contribution is -2.43. The fourth-order valence-corrected chi connectivity index (χ4v) is 1.04. The molecule has 99 valence electrons. The average Bonchev–Trinajstić information content (AvgIpc) is 2.28. The molecule has 0 saturated heterocycles. The molecular formula is C14H24BNOP. The van der Waals surface area contributed by atoms with Crippen LogP contribution in [-0.2, 0) is 4.65 Å². The molecule has 0 aromatic rings. The van der Waals surface area contributed by atoms with Gasteiger partial charge in [-0.2, -0.15) is 5.26 Å². The lowest BCUT2D eigenvalue weighted by Gasteiger charge is -2.39. The molecule has 0 aliphatic heterocycles. The molecule has 0 amide bonds. The summed E-state index contributed by atoms with van der Waals surface area (Å²) in [6.07, 6.45) is 4.55. The van der Waals surface area contributed by atoms with E-state index in [2.05, 4.69) is 43.0 Å². The van der Waals surface area contributed by atoms with Crippen LogP contribution in [-0.4, -0.2) is 18.2 Å². The van der Waals surface area contributed by atoms with E-state index in [9.17, 15) is 0 Å². The lowest BCUT2D eigenvalue weighted by atomic mass is 9.82. The van der Waals surface area contributed by atoms with E-state index in [1.54, 1.807) is 7.48 Å². The van der Waals surface area contributed by atoms with Crippen molar-refractivity contribution in [2.75, 3.05) is 0 Å². The van der Waals surface area contributed by atoms with Crippen molar-refractivity contribution in [1.29, 1.82) is 5.26 Å². The molecule has 0 spiro atoms. The Hall–Kier alpha value is -0.575. The molecule has 0 heterocycles. The third-order valence-corrected chi connectivity index (χ3v) is 3.94. The van der Waals surface area contributed by atoms with E-state index in [-0.39, 0.29) is 10.8 Å². The van der Waals surface area contributed by atoms with Gasteiger partial charge in [-0.05, 0) is 27.2 Å². The van der Waals surface area contributed by atoms with E-state index in [4.69, 9.17) is 9.92 Å². The maximum absolute atomic E-state index is 8.92. The highest BCUT2D eigenvalue weighted by atomic mass is 31.0. The summed E-state index contributed by atoms with van der Waals surface area (Å²) in [5.74, 6) is 0. The minimum atomic E-state index is -0.293. The number of hydrogen-bond acceptors (Lipinski definition) is 2. The number of rotatable bonds is 6. The minimum Gasteiger partial charge on any atom is -0.429 e. The molecule has 0 fully saturated rings. The maximum atomic E-state index is 8.92. The molecule has 1 radical (unpaired) electrons. The molecule has 0 aliphatic rings. The summed E-state index contributed by atoms with van der Waals surface area (Å²) in [4.78, 5) is 0. The largest absolute Gasteiger partial charge is 0.429 e. The third-order valence-electron chi connectivity index (χ3n) is 3.24. The fourth-order valence-electron chi connectivity index (χ4n) is 0.967.